The molecular weight excluding hydrogens is 303 g/mol. The summed E-state index contributed by atoms with van der Waals surface area (Å²) in [6, 6.07) is 0.838. The molecule has 11 heteroatoms. The van der Waals surface area contributed by atoms with Crippen LogP contribution in [0, 0.1) is 0 Å². The van der Waals surface area contributed by atoms with Crippen molar-refractivity contribution >= 4 is 17.3 Å². The summed E-state index contributed by atoms with van der Waals surface area (Å²) in [5.41, 5.74) is -0.622. The van der Waals surface area contributed by atoms with E-state index in [0.29, 0.717) is 5.69 Å². The van der Waals surface area contributed by atoms with Crippen LogP contribution in [0.2, 0.25) is 0 Å². The van der Waals surface area contributed by atoms with Gasteiger partial charge in [-0.2, -0.15) is 32.9 Å². The number of alkyl halides is 3. The fourth-order valence-electron chi connectivity index (χ4n) is 1.85. The summed E-state index contributed by atoms with van der Waals surface area (Å²) < 4.78 is 41.2. The lowest BCUT2D eigenvalue weighted by Crippen LogP contribution is -2.12. The number of nitrogens with one attached hydrogen (secondary N) is 1. The predicted molar refractivity (Wildman–Crippen MR) is 68.4 cm³/mol. The fourth-order valence-corrected chi connectivity index (χ4v) is 1.85. The van der Waals surface area contributed by atoms with E-state index in [4.69, 9.17) is 5.11 Å². The summed E-state index contributed by atoms with van der Waals surface area (Å²) in [6.07, 6.45) is -0.507. The number of halogens is 3. The highest BCUT2D eigenvalue weighted by Crippen LogP contribution is 2.30. The van der Waals surface area contributed by atoms with E-state index in [1.807, 2.05) is 0 Å². The van der Waals surface area contributed by atoms with Crippen LogP contribution in [0.3, 0.4) is 0 Å². The Morgan fingerprint density at radius 1 is 1.27 bits per heavy atom. The van der Waals surface area contributed by atoms with Gasteiger partial charge in [-0.05, 0) is 0 Å². The number of aliphatic hydroxyl groups excluding tert-OH is 1. The molecule has 0 aliphatic heterocycles. The summed E-state index contributed by atoms with van der Waals surface area (Å²) >= 11 is 0. The number of aromatic nitrogens is 6. The molecule has 0 amide bonds. The lowest BCUT2D eigenvalue weighted by Gasteiger charge is -2.10. The molecule has 0 bridgehead atoms. The molecule has 116 valence electrons. The second-order valence-corrected chi connectivity index (χ2v) is 4.34. The lowest BCUT2D eigenvalue weighted by atomic mass is 10.3. The van der Waals surface area contributed by atoms with Gasteiger partial charge in [0.1, 0.15) is 12.1 Å². The van der Waals surface area contributed by atoms with Gasteiger partial charge in [0.2, 0.25) is 0 Å². The molecule has 0 saturated heterocycles. The van der Waals surface area contributed by atoms with Crippen LogP contribution in [0.15, 0.2) is 24.8 Å². The van der Waals surface area contributed by atoms with Gasteiger partial charge >= 0.3 is 6.18 Å². The third-order valence-corrected chi connectivity index (χ3v) is 2.78. The Labute approximate surface area is 121 Å². The van der Waals surface area contributed by atoms with Crippen molar-refractivity contribution in [2.24, 2.45) is 0 Å². The van der Waals surface area contributed by atoms with E-state index >= 15 is 0 Å². The van der Waals surface area contributed by atoms with Gasteiger partial charge in [0, 0.05) is 12.3 Å². The molecule has 3 heterocycles. The Hall–Kier alpha value is -2.69. The monoisotopic (exact) mass is 313 g/mol. The molecule has 0 saturated carbocycles. The summed E-state index contributed by atoms with van der Waals surface area (Å²) in [4.78, 5) is 7.09. The highest BCUT2D eigenvalue weighted by atomic mass is 19.4. The standard InChI is InChI=1S/C11H10F3N7O/c12-11(13,14)8-3-9(21-10(19-8)15-6-17-21)18-7-4-16-20(5-7)1-2-22/h3-6,18,22H,1-2H2. The topological polar surface area (TPSA) is 93.2 Å². The van der Waals surface area contributed by atoms with Crippen LogP contribution >= 0.6 is 0 Å². The average molecular weight is 313 g/mol. The Morgan fingerprint density at radius 2 is 2.09 bits per heavy atom. The molecule has 0 atom stereocenters. The third-order valence-electron chi connectivity index (χ3n) is 2.78. The van der Waals surface area contributed by atoms with Gasteiger partial charge in [-0.3, -0.25) is 4.68 Å². The Bertz CT molecular complexity index is 794. The molecule has 0 unspecified atom stereocenters. The average Bonchev–Trinajstić information content (AvgIpc) is 3.07. The molecule has 3 aromatic heterocycles. The first kappa shape index (κ1) is 14.3. The van der Waals surface area contributed by atoms with E-state index in [0.717, 1.165) is 16.9 Å². The number of nitrogens with zero attached hydrogens (tertiary/aromatic N) is 6. The minimum Gasteiger partial charge on any atom is -0.394 e. The number of hydrogen-bond donors (Lipinski definition) is 2. The van der Waals surface area contributed by atoms with E-state index in [1.165, 1.54) is 10.9 Å². The second kappa shape index (κ2) is 5.26. The molecule has 3 aromatic rings. The molecule has 2 N–H and O–H groups in total. The van der Waals surface area contributed by atoms with Crippen LogP contribution in [0.1, 0.15) is 5.69 Å². The lowest BCUT2D eigenvalue weighted by molar-refractivity contribution is -0.141. The van der Waals surface area contributed by atoms with Crippen LogP contribution in [0.25, 0.3) is 5.78 Å². The van der Waals surface area contributed by atoms with Crippen molar-refractivity contribution in [3.8, 4) is 0 Å². The van der Waals surface area contributed by atoms with Gasteiger partial charge < -0.3 is 10.4 Å². The minimum absolute atomic E-state index is 0.0540. The van der Waals surface area contributed by atoms with Crippen molar-refractivity contribution in [2.75, 3.05) is 11.9 Å². The van der Waals surface area contributed by atoms with E-state index in [9.17, 15) is 13.2 Å². The number of rotatable bonds is 4. The van der Waals surface area contributed by atoms with Crippen molar-refractivity contribution in [1.82, 2.24) is 29.4 Å². The minimum atomic E-state index is -4.59. The predicted octanol–water partition coefficient (Wildman–Crippen LogP) is 1.08. The first-order chi connectivity index (χ1) is 10.5. The van der Waals surface area contributed by atoms with Crippen LogP contribution in [-0.2, 0) is 12.7 Å². The molecule has 0 spiro atoms. The number of hydrogen-bond acceptors (Lipinski definition) is 6. The van der Waals surface area contributed by atoms with Crippen LogP contribution in [0.4, 0.5) is 24.7 Å². The van der Waals surface area contributed by atoms with E-state index < -0.39 is 11.9 Å². The summed E-state index contributed by atoms with van der Waals surface area (Å²) in [5, 5.41) is 19.4. The molecule has 0 radical (unpaired) electrons. The second-order valence-electron chi connectivity index (χ2n) is 4.34. The highest BCUT2D eigenvalue weighted by Gasteiger charge is 2.34. The van der Waals surface area contributed by atoms with E-state index in [2.05, 4.69) is 25.5 Å². The molecule has 22 heavy (non-hydrogen) atoms. The molecule has 0 fully saturated rings. The normalized spacial score (nSPS) is 12.0. The number of anilines is 2. The van der Waals surface area contributed by atoms with Crippen LogP contribution < -0.4 is 5.32 Å². The third kappa shape index (κ3) is 2.70. The molecular formula is C11H10F3N7O. The van der Waals surface area contributed by atoms with Crippen molar-refractivity contribution in [3.05, 3.63) is 30.5 Å². The summed E-state index contributed by atoms with van der Waals surface area (Å²) in [6.45, 7) is 0.187. The molecule has 0 aromatic carbocycles. The van der Waals surface area contributed by atoms with Gasteiger partial charge in [-0.1, -0.05) is 0 Å². The largest absolute Gasteiger partial charge is 0.433 e. The Kier molecular flexibility index (Phi) is 3.41. The van der Waals surface area contributed by atoms with Gasteiger partial charge in [0.25, 0.3) is 5.78 Å². The SMILES string of the molecule is OCCn1cc(Nc2cc(C(F)(F)F)nc3ncnn23)cn1. The molecule has 0 aliphatic rings. The first-order valence-electron chi connectivity index (χ1n) is 6.15. The zero-order valence-electron chi connectivity index (χ0n) is 11.0. The smallest absolute Gasteiger partial charge is 0.394 e. The Balaban J connectivity index is 1.99. The van der Waals surface area contributed by atoms with Crippen molar-refractivity contribution < 1.29 is 18.3 Å². The van der Waals surface area contributed by atoms with E-state index in [-0.39, 0.29) is 24.7 Å². The summed E-state index contributed by atoms with van der Waals surface area (Å²) in [7, 11) is 0. The summed E-state index contributed by atoms with van der Waals surface area (Å²) in [5.74, 6) is -0.113. The maximum atomic E-state index is 12.9. The number of fused-ring (bicyclic) bond motifs is 1. The van der Waals surface area contributed by atoms with E-state index in [1.54, 1.807) is 6.20 Å². The zero-order valence-corrected chi connectivity index (χ0v) is 11.0. The van der Waals surface area contributed by atoms with Gasteiger partial charge in [0.15, 0.2) is 5.69 Å². The Morgan fingerprint density at radius 3 is 2.82 bits per heavy atom. The van der Waals surface area contributed by atoms with Crippen molar-refractivity contribution in [1.29, 1.82) is 0 Å². The van der Waals surface area contributed by atoms with Gasteiger partial charge in [-0.15, -0.1) is 0 Å². The molecule has 0 aliphatic carbocycles. The van der Waals surface area contributed by atoms with Crippen LogP contribution in [-0.4, -0.2) is 41.1 Å². The maximum absolute atomic E-state index is 12.9. The molecule has 8 nitrogen and oxygen atoms in total. The van der Waals surface area contributed by atoms with Gasteiger partial charge in [0.05, 0.1) is 25.0 Å². The quantitative estimate of drug-likeness (QED) is 0.748. The first-order valence-corrected chi connectivity index (χ1v) is 6.15. The van der Waals surface area contributed by atoms with Crippen molar-refractivity contribution in [3.63, 3.8) is 0 Å². The zero-order chi connectivity index (χ0) is 15.7. The molecule has 3 rings (SSSR count). The van der Waals surface area contributed by atoms with Crippen LogP contribution in [0.5, 0.6) is 0 Å². The van der Waals surface area contributed by atoms with Gasteiger partial charge in [-0.25, -0.2) is 4.98 Å². The number of aliphatic hydroxyl groups is 1. The fraction of sp³-hybridized carbons (Fsp3) is 0.273. The van der Waals surface area contributed by atoms with Crippen molar-refractivity contribution in [2.45, 2.75) is 12.7 Å². The maximum Gasteiger partial charge on any atom is 0.433 e. The highest BCUT2D eigenvalue weighted by molar-refractivity contribution is 5.57.